The quantitative estimate of drug-likeness (QED) is 0.664. The predicted molar refractivity (Wildman–Crippen MR) is 77.7 cm³/mol. The fourth-order valence-corrected chi connectivity index (χ4v) is 2.47. The van der Waals surface area contributed by atoms with E-state index in [4.69, 9.17) is 4.74 Å². The van der Waals surface area contributed by atoms with Crippen molar-refractivity contribution in [1.82, 2.24) is 5.32 Å². The van der Waals surface area contributed by atoms with E-state index >= 15 is 0 Å². The van der Waals surface area contributed by atoms with Crippen molar-refractivity contribution in [1.29, 1.82) is 0 Å². The number of hydrogen-bond donors (Lipinski definition) is 1. The highest BCUT2D eigenvalue weighted by Crippen LogP contribution is 2.29. The van der Waals surface area contributed by atoms with Gasteiger partial charge in [0, 0.05) is 37.9 Å². The molecule has 5 heteroatoms. The number of hydrogen-bond acceptors (Lipinski definition) is 4. The van der Waals surface area contributed by atoms with Crippen LogP contribution in [0.1, 0.15) is 38.3 Å². The van der Waals surface area contributed by atoms with Gasteiger partial charge in [-0.1, -0.05) is 19.1 Å². The van der Waals surface area contributed by atoms with Gasteiger partial charge < -0.3 is 10.1 Å². The molecule has 1 fully saturated rings. The van der Waals surface area contributed by atoms with Crippen LogP contribution in [0.25, 0.3) is 0 Å². The molecule has 1 aliphatic heterocycles. The minimum atomic E-state index is -0.351. The molecule has 1 aliphatic rings. The van der Waals surface area contributed by atoms with Crippen LogP contribution in [0.2, 0.25) is 0 Å². The number of ether oxygens (including phenoxy) is 1. The molecule has 0 aliphatic carbocycles. The normalized spacial score (nSPS) is 19.5. The van der Waals surface area contributed by atoms with Crippen LogP contribution < -0.4 is 5.32 Å². The molecule has 0 radical (unpaired) electrons. The first-order valence-electron chi connectivity index (χ1n) is 7.06. The minimum Gasteiger partial charge on any atom is -0.381 e. The van der Waals surface area contributed by atoms with Gasteiger partial charge in [0.25, 0.3) is 5.69 Å². The van der Waals surface area contributed by atoms with E-state index in [-0.39, 0.29) is 22.1 Å². The zero-order valence-electron chi connectivity index (χ0n) is 12.1. The fraction of sp³-hybridized carbons (Fsp3) is 0.600. The number of nitro groups is 1. The molecule has 2 rings (SSSR count). The van der Waals surface area contributed by atoms with E-state index in [0.29, 0.717) is 0 Å². The second kappa shape index (κ2) is 6.33. The molecular formula is C15H22N2O3. The molecule has 0 amide bonds. The second-order valence-electron chi connectivity index (χ2n) is 5.88. The molecular weight excluding hydrogens is 256 g/mol. The summed E-state index contributed by atoms with van der Waals surface area (Å²) in [6.45, 7) is 6.86. The third kappa shape index (κ3) is 3.77. The van der Waals surface area contributed by atoms with Crippen molar-refractivity contribution in [2.45, 2.75) is 32.7 Å². The van der Waals surface area contributed by atoms with Gasteiger partial charge in [-0.05, 0) is 30.7 Å². The fourth-order valence-electron chi connectivity index (χ4n) is 2.47. The van der Waals surface area contributed by atoms with Crippen molar-refractivity contribution in [2.24, 2.45) is 5.41 Å². The molecule has 0 spiro atoms. The zero-order chi connectivity index (χ0) is 14.6. The van der Waals surface area contributed by atoms with E-state index in [1.165, 1.54) is 6.07 Å². The van der Waals surface area contributed by atoms with Crippen LogP contribution in [-0.4, -0.2) is 24.7 Å². The molecule has 1 N–H and O–H groups in total. The molecule has 0 saturated carbocycles. The second-order valence-corrected chi connectivity index (χ2v) is 5.88. The van der Waals surface area contributed by atoms with Gasteiger partial charge in [-0.3, -0.25) is 10.1 Å². The highest BCUT2D eigenvalue weighted by Gasteiger charge is 2.27. The van der Waals surface area contributed by atoms with Gasteiger partial charge in [0.2, 0.25) is 0 Å². The first kappa shape index (κ1) is 14.9. The van der Waals surface area contributed by atoms with Gasteiger partial charge >= 0.3 is 0 Å². The lowest BCUT2D eigenvalue weighted by atomic mass is 9.82. The average Bonchev–Trinajstić information content (AvgIpc) is 2.46. The summed E-state index contributed by atoms with van der Waals surface area (Å²) >= 11 is 0. The van der Waals surface area contributed by atoms with Gasteiger partial charge in [0.05, 0.1) is 4.92 Å². The first-order valence-corrected chi connectivity index (χ1v) is 7.06. The van der Waals surface area contributed by atoms with E-state index in [1.807, 2.05) is 13.0 Å². The van der Waals surface area contributed by atoms with Gasteiger partial charge in [0.15, 0.2) is 0 Å². The van der Waals surface area contributed by atoms with Crippen molar-refractivity contribution < 1.29 is 9.66 Å². The summed E-state index contributed by atoms with van der Waals surface area (Å²) < 4.78 is 5.40. The number of nitro benzene ring substituents is 1. The van der Waals surface area contributed by atoms with Crippen LogP contribution in [0.15, 0.2) is 24.3 Å². The summed E-state index contributed by atoms with van der Waals surface area (Å²) in [5, 5.41) is 14.3. The topological polar surface area (TPSA) is 64.4 Å². The molecule has 110 valence electrons. The Labute approximate surface area is 119 Å². The Balaban J connectivity index is 1.96. The molecule has 1 heterocycles. The smallest absolute Gasteiger partial charge is 0.269 e. The molecule has 1 atom stereocenters. The molecule has 0 bridgehead atoms. The van der Waals surface area contributed by atoms with Gasteiger partial charge in [-0.15, -0.1) is 0 Å². The van der Waals surface area contributed by atoms with Gasteiger partial charge in [-0.25, -0.2) is 0 Å². The molecule has 5 nitrogen and oxygen atoms in total. The lowest BCUT2D eigenvalue weighted by molar-refractivity contribution is -0.384. The van der Waals surface area contributed by atoms with Gasteiger partial charge in [-0.2, -0.15) is 0 Å². The third-order valence-electron chi connectivity index (χ3n) is 4.12. The Kier molecular flexibility index (Phi) is 4.73. The van der Waals surface area contributed by atoms with Crippen molar-refractivity contribution in [3.8, 4) is 0 Å². The number of rotatable bonds is 5. The maximum absolute atomic E-state index is 10.8. The number of nitrogens with zero attached hydrogens (tertiary/aromatic N) is 1. The lowest BCUT2D eigenvalue weighted by Gasteiger charge is -2.34. The van der Waals surface area contributed by atoms with E-state index in [9.17, 15) is 10.1 Å². The number of benzene rings is 1. The van der Waals surface area contributed by atoms with Crippen LogP contribution >= 0.6 is 0 Å². The maximum atomic E-state index is 10.8. The van der Waals surface area contributed by atoms with Crippen molar-refractivity contribution in [3.63, 3.8) is 0 Å². The molecule has 20 heavy (non-hydrogen) atoms. The number of nitrogens with one attached hydrogen (secondary N) is 1. The van der Waals surface area contributed by atoms with Crippen molar-refractivity contribution in [2.75, 3.05) is 19.8 Å². The summed E-state index contributed by atoms with van der Waals surface area (Å²) in [4.78, 5) is 10.5. The predicted octanol–water partition coefficient (Wildman–Crippen LogP) is 3.06. The Morgan fingerprint density at radius 2 is 2.15 bits per heavy atom. The van der Waals surface area contributed by atoms with Crippen LogP contribution in [-0.2, 0) is 4.74 Å². The molecule has 0 aromatic heterocycles. The highest BCUT2D eigenvalue weighted by molar-refractivity contribution is 5.35. The van der Waals surface area contributed by atoms with Crippen LogP contribution in [0.4, 0.5) is 5.69 Å². The Morgan fingerprint density at radius 3 is 2.80 bits per heavy atom. The maximum Gasteiger partial charge on any atom is 0.269 e. The largest absolute Gasteiger partial charge is 0.381 e. The molecule has 1 saturated heterocycles. The molecule has 1 unspecified atom stereocenters. The SMILES string of the molecule is CC(NCC1(C)CCOCC1)c1cccc([N+](=O)[O-])c1. The van der Waals surface area contributed by atoms with E-state index in [2.05, 4.69) is 12.2 Å². The molecule has 1 aromatic carbocycles. The molecule has 1 aromatic rings. The average molecular weight is 278 g/mol. The van der Waals surface area contributed by atoms with Crippen LogP contribution in [0.3, 0.4) is 0 Å². The van der Waals surface area contributed by atoms with Gasteiger partial charge in [0.1, 0.15) is 0 Å². The van der Waals surface area contributed by atoms with E-state index in [0.717, 1.165) is 38.2 Å². The third-order valence-corrected chi connectivity index (χ3v) is 4.12. The minimum absolute atomic E-state index is 0.106. The summed E-state index contributed by atoms with van der Waals surface area (Å²) in [5.41, 5.74) is 1.36. The number of non-ortho nitro benzene ring substituents is 1. The summed E-state index contributed by atoms with van der Waals surface area (Å²) in [7, 11) is 0. The first-order chi connectivity index (χ1) is 9.50. The monoisotopic (exact) mass is 278 g/mol. The van der Waals surface area contributed by atoms with Crippen molar-refractivity contribution in [3.05, 3.63) is 39.9 Å². The highest BCUT2D eigenvalue weighted by atomic mass is 16.6. The van der Waals surface area contributed by atoms with Crippen LogP contribution in [0.5, 0.6) is 0 Å². The zero-order valence-corrected chi connectivity index (χ0v) is 12.1. The Hall–Kier alpha value is -1.46. The summed E-state index contributed by atoms with van der Waals surface area (Å²) in [5.74, 6) is 0. The van der Waals surface area contributed by atoms with Crippen LogP contribution in [0, 0.1) is 15.5 Å². The Morgan fingerprint density at radius 1 is 1.45 bits per heavy atom. The van der Waals surface area contributed by atoms with E-state index < -0.39 is 0 Å². The standard InChI is InChI=1S/C15H22N2O3/c1-12(13-4-3-5-14(10-13)17(18)19)16-11-15(2)6-8-20-9-7-15/h3-5,10,12,16H,6-9,11H2,1-2H3. The summed E-state index contributed by atoms with van der Waals surface area (Å²) in [6, 6.07) is 6.94. The van der Waals surface area contributed by atoms with Crippen molar-refractivity contribution >= 4 is 5.69 Å². The van der Waals surface area contributed by atoms with E-state index in [1.54, 1.807) is 12.1 Å². The summed E-state index contributed by atoms with van der Waals surface area (Å²) in [6.07, 6.45) is 2.11. The Bertz CT molecular complexity index is 470. The lowest BCUT2D eigenvalue weighted by Crippen LogP contribution is -2.37.